The molecule has 8 heteroatoms. The Morgan fingerprint density at radius 3 is 2.50 bits per heavy atom. The van der Waals surface area contributed by atoms with Crippen LogP contribution in [0.1, 0.15) is 35.9 Å². The highest BCUT2D eigenvalue weighted by molar-refractivity contribution is 7.89. The molecular weight excluding hydrogens is 354 g/mol. The van der Waals surface area contributed by atoms with E-state index < -0.39 is 10.0 Å². The van der Waals surface area contributed by atoms with Crippen molar-refractivity contribution in [1.29, 1.82) is 0 Å². The fourth-order valence-corrected chi connectivity index (χ4v) is 4.38. The van der Waals surface area contributed by atoms with E-state index in [9.17, 15) is 13.2 Å². The van der Waals surface area contributed by atoms with Crippen LogP contribution < -0.4 is 5.32 Å². The summed E-state index contributed by atoms with van der Waals surface area (Å²) in [6.45, 7) is 5.06. The second-order valence-electron chi connectivity index (χ2n) is 6.71. The van der Waals surface area contributed by atoms with Gasteiger partial charge in [0, 0.05) is 24.7 Å². The lowest BCUT2D eigenvalue weighted by Crippen LogP contribution is -2.37. The van der Waals surface area contributed by atoms with Gasteiger partial charge in [-0.1, -0.05) is 12.1 Å². The number of nitrogens with one attached hydrogen (secondary N) is 1. The first kappa shape index (κ1) is 18.6. The molecule has 1 aliphatic rings. The van der Waals surface area contributed by atoms with Gasteiger partial charge in [-0.15, -0.1) is 0 Å². The molecule has 1 aliphatic heterocycles. The van der Waals surface area contributed by atoms with Crippen LogP contribution in [0, 0.1) is 12.8 Å². The third-order valence-corrected chi connectivity index (χ3v) is 6.53. The van der Waals surface area contributed by atoms with Crippen LogP contribution in [0.15, 0.2) is 39.8 Å². The molecule has 0 spiro atoms. The molecule has 0 radical (unpaired) electrons. The summed E-state index contributed by atoms with van der Waals surface area (Å²) >= 11 is 0. The fourth-order valence-electron chi connectivity index (χ4n) is 2.91. The lowest BCUT2D eigenvalue weighted by molar-refractivity contribution is 0.101. The van der Waals surface area contributed by atoms with Crippen molar-refractivity contribution in [2.45, 2.75) is 31.6 Å². The molecule has 7 nitrogen and oxygen atoms in total. The molecule has 0 amide bonds. The van der Waals surface area contributed by atoms with Gasteiger partial charge in [0.05, 0.1) is 11.4 Å². The molecule has 1 N–H and O–H groups in total. The van der Waals surface area contributed by atoms with E-state index in [-0.39, 0.29) is 17.2 Å². The summed E-state index contributed by atoms with van der Waals surface area (Å²) in [7, 11) is -3.50. The van der Waals surface area contributed by atoms with Gasteiger partial charge in [0.25, 0.3) is 0 Å². The van der Waals surface area contributed by atoms with Crippen molar-refractivity contribution in [2.24, 2.45) is 5.92 Å². The van der Waals surface area contributed by atoms with E-state index in [2.05, 4.69) is 17.4 Å². The van der Waals surface area contributed by atoms with E-state index in [1.807, 2.05) is 0 Å². The number of piperidine rings is 1. The van der Waals surface area contributed by atoms with E-state index in [1.54, 1.807) is 25.1 Å². The monoisotopic (exact) mass is 377 g/mol. The maximum absolute atomic E-state index is 12.7. The van der Waals surface area contributed by atoms with Crippen LogP contribution in [-0.2, 0) is 10.0 Å². The number of hydrogen-bond acceptors (Lipinski definition) is 6. The quantitative estimate of drug-likeness (QED) is 0.778. The molecule has 0 bridgehead atoms. The van der Waals surface area contributed by atoms with Crippen molar-refractivity contribution in [3.8, 4) is 0 Å². The maximum atomic E-state index is 12.7. The highest BCUT2D eigenvalue weighted by atomic mass is 32.2. The predicted octanol–water partition coefficient (Wildman–Crippen LogP) is 2.70. The molecule has 0 unspecified atom stereocenters. The first-order valence-corrected chi connectivity index (χ1v) is 10.1. The summed E-state index contributed by atoms with van der Waals surface area (Å²) in [4.78, 5) is 12.5. The molecule has 3 rings (SSSR count). The molecular formula is C18H23N3O4S. The Bertz CT molecular complexity index is 866. The summed E-state index contributed by atoms with van der Waals surface area (Å²) in [6.07, 6.45) is 1.76. The number of ketones is 1. The Morgan fingerprint density at radius 1 is 1.27 bits per heavy atom. The molecule has 140 valence electrons. The Kier molecular flexibility index (Phi) is 5.43. The van der Waals surface area contributed by atoms with Gasteiger partial charge in [0.1, 0.15) is 5.76 Å². The molecule has 0 aliphatic carbocycles. The standard InChI is InChI=1S/C18H23N3O4S/c1-13-7-9-21(10-8-13)26(23,24)16-5-3-15(4-6-16)17(22)12-19-18-11-14(2)25-20-18/h3-6,11,13H,7-10,12H2,1-2H3,(H,19,20). The van der Waals surface area contributed by atoms with Crippen LogP contribution in [0.25, 0.3) is 0 Å². The number of sulfonamides is 1. The zero-order valence-corrected chi connectivity index (χ0v) is 15.8. The van der Waals surface area contributed by atoms with Gasteiger partial charge in [-0.3, -0.25) is 4.79 Å². The minimum Gasteiger partial charge on any atom is -0.360 e. The third kappa shape index (κ3) is 4.13. The van der Waals surface area contributed by atoms with E-state index in [4.69, 9.17) is 4.52 Å². The SMILES string of the molecule is Cc1cc(NCC(=O)c2ccc(S(=O)(=O)N3CCC(C)CC3)cc2)no1. The number of Topliss-reactive ketones (excluding diaryl/α,β-unsaturated/α-hetero) is 1. The zero-order valence-electron chi connectivity index (χ0n) is 14.9. The van der Waals surface area contributed by atoms with Crippen molar-refractivity contribution < 1.29 is 17.7 Å². The molecule has 1 fully saturated rings. The minimum absolute atomic E-state index is 0.0576. The Hall–Kier alpha value is -2.19. The van der Waals surface area contributed by atoms with Gasteiger partial charge in [0.2, 0.25) is 10.0 Å². The Balaban J connectivity index is 1.64. The molecule has 26 heavy (non-hydrogen) atoms. The van der Waals surface area contributed by atoms with Gasteiger partial charge >= 0.3 is 0 Å². The van der Waals surface area contributed by atoms with Crippen LogP contribution in [0.5, 0.6) is 0 Å². The van der Waals surface area contributed by atoms with Gasteiger partial charge in [0.15, 0.2) is 11.6 Å². The van der Waals surface area contributed by atoms with Crippen LogP contribution in [0.4, 0.5) is 5.82 Å². The number of anilines is 1. The summed E-state index contributed by atoms with van der Waals surface area (Å²) in [5.41, 5.74) is 0.448. The second-order valence-corrected chi connectivity index (χ2v) is 8.65. The molecule has 2 aromatic rings. The number of carbonyl (C=O) groups excluding carboxylic acids is 1. The summed E-state index contributed by atoms with van der Waals surface area (Å²) in [6, 6.07) is 7.80. The van der Waals surface area contributed by atoms with Crippen LogP contribution in [-0.4, -0.2) is 43.3 Å². The number of rotatable bonds is 6. The molecule has 1 aromatic heterocycles. The first-order valence-electron chi connectivity index (χ1n) is 8.67. The molecule has 0 saturated carbocycles. The topological polar surface area (TPSA) is 92.5 Å². The van der Waals surface area contributed by atoms with Crippen molar-refractivity contribution in [3.05, 3.63) is 41.7 Å². The molecule has 1 saturated heterocycles. The van der Waals surface area contributed by atoms with Gasteiger partial charge in [-0.05, 0) is 49.9 Å². The summed E-state index contributed by atoms with van der Waals surface area (Å²) < 4.78 is 31.8. The van der Waals surface area contributed by atoms with Crippen molar-refractivity contribution >= 4 is 21.6 Å². The van der Waals surface area contributed by atoms with E-state index in [0.717, 1.165) is 12.8 Å². The molecule has 1 aromatic carbocycles. The van der Waals surface area contributed by atoms with E-state index >= 15 is 0 Å². The molecule has 0 atom stereocenters. The number of aromatic nitrogens is 1. The average molecular weight is 377 g/mol. The van der Waals surface area contributed by atoms with Crippen molar-refractivity contribution in [3.63, 3.8) is 0 Å². The minimum atomic E-state index is -3.50. The van der Waals surface area contributed by atoms with Crippen molar-refractivity contribution in [2.75, 3.05) is 25.0 Å². The highest BCUT2D eigenvalue weighted by Crippen LogP contribution is 2.23. The average Bonchev–Trinajstić information content (AvgIpc) is 3.05. The largest absolute Gasteiger partial charge is 0.360 e. The smallest absolute Gasteiger partial charge is 0.243 e. The van der Waals surface area contributed by atoms with Gasteiger partial charge in [-0.25, -0.2) is 8.42 Å². The summed E-state index contributed by atoms with van der Waals surface area (Å²) in [5, 5.41) is 6.65. The highest BCUT2D eigenvalue weighted by Gasteiger charge is 2.28. The van der Waals surface area contributed by atoms with Crippen molar-refractivity contribution in [1.82, 2.24) is 9.46 Å². The number of hydrogen-bond donors (Lipinski definition) is 1. The number of aryl methyl sites for hydroxylation is 1. The van der Waals surface area contributed by atoms with Crippen LogP contribution in [0.3, 0.4) is 0 Å². The maximum Gasteiger partial charge on any atom is 0.243 e. The Labute approximate surface area is 153 Å². The summed E-state index contributed by atoms with van der Waals surface area (Å²) in [5.74, 6) is 1.56. The second kappa shape index (κ2) is 7.59. The third-order valence-electron chi connectivity index (χ3n) is 4.61. The fraction of sp³-hybridized carbons (Fsp3) is 0.444. The molecule has 2 heterocycles. The number of benzene rings is 1. The number of carbonyl (C=O) groups is 1. The Morgan fingerprint density at radius 2 is 1.92 bits per heavy atom. The lowest BCUT2D eigenvalue weighted by atomic mass is 10.0. The van der Waals surface area contributed by atoms with Crippen LogP contribution in [0.2, 0.25) is 0 Å². The first-order chi connectivity index (χ1) is 12.4. The van der Waals surface area contributed by atoms with Gasteiger partial charge in [-0.2, -0.15) is 4.31 Å². The number of nitrogens with zero attached hydrogens (tertiary/aromatic N) is 2. The zero-order chi connectivity index (χ0) is 18.7. The normalized spacial score (nSPS) is 16.5. The van der Waals surface area contributed by atoms with E-state index in [1.165, 1.54) is 16.4 Å². The van der Waals surface area contributed by atoms with Gasteiger partial charge < -0.3 is 9.84 Å². The lowest BCUT2D eigenvalue weighted by Gasteiger charge is -2.29. The van der Waals surface area contributed by atoms with E-state index in [0.29, 0.717) is 36.1 Å². The van der Waals surface area contributed by atoms with Crippen LogP contribution >= 0.6 is 0 Å². The predicted molar refractivity (Wildman–Crippen MR) is 97.7 cm³/mol.